The molecule has 0 heterocycles. The molecule has 0 bridgehead atoms. The molecule has 0 fully saturated rings. The number of halogens is 1. The summed E-state index contributed by atoms with van der Waals surface area (Å²) in [5, 5.41) is 2.51. The topological polar surface area (TPSA) is 16.6 Å². The highest BCUT2D eigenvalue weighted by Gasteiger charge is 2.39. The molecular formula is C23H26BrN. The summed E-state index contributed by atoms with van der Waals surface area (Å²) in [6.45, 7) is 3.36. The van der Waals surface area contributed by atoms with Gasteiger partial charge in [-0.15, -0.1) is 0 Å². The van der Waals surface area contributed by atoms with Crippen molar-refractivity contribution in [2.45, 2.75) is 25.3 Å². The molecule has 0 spiro atoms. The minimum atomic E-state index is -0.195. The molecule has 2 N–H and O–H groups in total. The molecule has 0 amide bonds. The second kappa shape index (κ2) is 9.55. The number of quaternary nitrogens is 1. The van der Waals surface area contributed by atoms with E-state index in [1.54, 1.807) is 0 Å². The van der Waals surface area contributed by atoms with Gasteiger partial charge in [0, 0.05) is 16.7 Å². The van der Waals surface area contributed by atoms with Crippen LogP contribution in [0, 0.1) is 0 Å². The Labute approximate surface area is 161 Å². The maximum absolute atomic E-state index is 2.51. The lowest BCUT2D eigenvalue weighted by Crippen LogP contribution is -3.00. The van der Waals surface area contributed by atoms with Gasteiger partial charge in [0.05, 0.1) is 6.54 Å². The molecule has 0 saturated carbocycles. The minimum Gasteiger partial charge on any atom is -1.00 e. The SMILES string of the molecule is CCCC[NH2+]C(c1ccccc1)(c1ccccc1)c1ccccc1.[Br-]. The van der Waals surface area contributed by atoms with Crippen molar-refractivity contribution in [1.29, 1.82) is 0 Å². The van der Waals surface area contributed by atoms with Crippen LogP contribution in [0.3, 0.4) is 0 Å². The molecule has 130 valence electrons. The van der Waals surface area contributed by atoms with Crippen LogP contribution >= 0.6 is 0 Å². The van der Waals surface area contributed by atoms with Crippen molar-refractivity contribution in [2.24, 2.45) is 0 Å². The van der Waals surface area contributed by atoms with Gasteiger partial charge in [0.25, 0.3) is 0 Å². The first-order valence-electron chi connectivity index (χ1n) is 8.89. The number of rotatable bonds is 7. The van der Waals surface area contributed by atoms with E-state index in [9.17, 15) is 0 Å². The third-order valence-electron chi connectivity index (χ3n) is 4.70. The van der Waals surface area contributed by atoms with Crippen LogP contribution in [0.25, 0.3) is 0 Å². The minimum absolute atomic E-state index is 0. The van der Waals surface area contributed by atoms with E-state index in [1.165, 1.54) is 29.5 Å². The lowest BCUT2D eigenvalue weighted by Gasteiger charge is -2.33. The van der Waals surface area contributed by atoms with Crippen molar-refractivity contribution in [3.05, 3.63) is 108 Å². The Bertz CT molecular complexity index is 629. The van der Waals surface area contributed by atoms with Crippen molar-refractivity contribution in [2.75, 3.05) is 6.54 Å². The summed E-state index contributed by atoms with van der Waals surface area (Å²) < 4.78 is 0. The van der Waals surface area contributed by atoms with E-state index in [0.29, 0.717) is 0 Å². The predicted octanol–water partition coefficient (Wildman–Crippen LogP) is 1.35. The van der Waals surface area contributed by atoms with Gasteiger partial charge in [-0.1, -0.05) is 104 Å². The summed E-state index contributed by atoms with van der Waals surface area (Å²) in [6.07, 6.45) is 2.43. The van der Waals surface area contributed by atoms with E-state index in [-0.39, 0.29) is 22.5 Å². The Hall–Kier alpha value is -1.90. The fourth-order valence-electron chi connectivity index (χ4n) is 3.48. The van der Waals surface area contributed by atoms with Crippen LogP contribution in [0.4, 0.5) is 0 Å². The maximum Gasteiger partial charge on any atom is 0.173 e. The van der Waals surface area contributed by atoms with Crippen LogP contribution in [-0.4, -0.2) is 6.54 Å². The van der Waals surface area contributed by atoms with Crippen LogP contribution < -0.4 is 22.3 Å². The van der Waals surface area contributed by atoms with Crippen LogP contribution in [0.1, 0.15) is 36.5 Å². The van der Waals surface area contributed by atoms with Crippen molar-refractivity contribution in [3.63, 3.8) is 0 Å². The number of benzene rings is 3. The molecule has 0 atom stereocenters. The Morgan fingerprint density at radius 1 is 0.640 bits per heavy atom. The van der Waals surface area contributed by atoms with Gasteiger partial charge in [-0.25, -0.2) is 0 Å². The average Bonchev–Trinajstić information content (AvgIpc) is 2.68. The number of unbranched alkanes of at least 4 members (excludes halogenated alkanes) is 1. The average molecular weight is 396 g/mol. The first kappa shape index (κ1) is 19.4. The van der Waals surface area contributed by atoms with Gasteiger partial charge in [0.15, 0.2) is 5.54 Å². The number of hydrogen-bond donors (Lipinski definition) is 1. The van der Waals surface area contributed by atoms with Gasteiger partial charge < -0.3 is 22.3 Å². The second-order valence-electron chi connectivity index (χ2n) is 6.25. The predicted molar refractivity (Wildman–Crippen MR) is 101 cm³/mol. The summed E-state index contributed by atoms with van der Waals surface area (Å²) in [5.41, 5.74) is 3.80. The van der Waals surface area contributed by atoms with Gasteiger partial charge in [0.1, 0.15) is 0 Å². The molecule has 0 aliphatic carbocycles. The summed E-state index contributed by atoms with van der Waals surface area (Å²) in [5.74, 6) is 0. The van der Waals surface area contributed by atoms with E-state index in [2.05, 4.69) is 103 Å². The Balaban J connectivity index is 0.00000225. The lowest BCUT2D eigenvalue weighted by atomic mass is 9.77. The highest BCUT2D eigenvalue weighted by Crippen LogP contribution is 2.32. The third kappa shape index (κ3) is 4.20. The summed E-state index contributed by atoms with van der Waals surface area (Å²) in [4.78, 5) is 0. The van der Waals surface area contributed by atoms with E-state index in [0.717, 1.165) is 6.54 Å². The molecule has 2 heteroatoms. The molecule has 0 aliphatic heterocycles. The van der Waals surface area contributed by atoms with Crippen LogP contribution in [0.15, 0.2) is 91.0 Å². The van der Waals surface area contributed by atoms with Crippen molar-refractivity contribution in [3.8, 4) is 0 Å². The summed E-state index contributed by atoms with van der Waals surface area (Å²) in [6, 6.07) is 32.7. The van der Waals surface area contributed by atoms with Gasteiger partial charge in [-0.05, 0) is 6.42 Å². The fourth-order valence-corrected chi connectivity index (χ4v) is 3.48. The van der Waals surface area contributed by atoms with Gasteiger partial charge >= 0.3 is 0 Å². The van der Waals surface area contributed by atoms with Crippen LogP contribution in [0.2, 0.25) is 0 Å². The molecule has 3 aromatic carbocycles. The standard InChI is InChI=1S/C23H25N.BrH/c1-2-3-19-24-23(20-13-7-4-8-14-20,21-15-9-5-10-16-21)22-17-11-6-12-18-22;/h4-18,24H,2-3,19H2,1H3;1H. The number of nitrogens with two attached hydrogens (primary N) is 1. The smallest absolute Gasteiger partial charge is 0.173 e. The fraction of sp³-hybridized carbons (Fsp3) is 0.217. The zero-order valence-electron chi connectivity index (χ0n) is 14.7. The van der Waals surface area contributed by atoms with E-state index in [1.807, 2.05) is 0 Å². The zero-order valence-corrected chi connectivity index (χ0v) is 16.3. The highest BCUT2D eigenvalue weighted by atomic mass is 79.9. The molecular weight excluding hydrogens is 370 g/mol. The Morgan fingerprint density at radius 3 is 1.32 bits per heavy atom. The largest absolute Gasteiger partial charge is 1.00 e. The maximum atomic E-state index is 2.51. The molecule has 0 aromatic heterocycles. The van der Waals surface area contributed by atoms with Crippen LogP contribution in [-0.2, 0) is 5.54 Å². The molecule has 3 rings (SSSR count). The van der Waals surface area contributed by atoms with Crippen molar-refractivity contribution >= 4 is 0 Å². The van der Waals surface area contributed by atoms with Crippen LogP contribution in [0.5, 0.6) is 0 Å². The Kier molecular flexibility index (Phi) is 7.42. The first-order chi connectivity index (χ1) is 11.9. The van der Waals surface area contributed by atoms with E-state index >= 15 is 0 Å². The van der Waals surface area contributed by atoms with Gasteiger partial charge in [0.2, 0.25) is 0 Å². The first-order valence-corrected chi connectivity index (χ1v) is 8.89. The number of hydrogen-bond acceptors (Lipinski definition) is 0. The summed E-state index contributed by atoms with van der Waals surface area (Å²) >= 11 is 0. The quantitative estimate of drug-likeness (QED) is 0.459. The van der Waals surface area contributed by atoms with Crippen molar-refractivity contribution < 1.29 is 22.3 Å². The molecule has 0 saturated heterocycles. The molecule has 3 aromatic rings. The zero-order chi connectivity index (χ0) is 16.7. The normalized spacial score (nSPS) is 10.9. The molecule has 1 nitrogen and oxygen atoms in total. The second-order valence-corrected chi connectivity index (χ2v) is 6.25. The Morgan fingerprint density at radius 2 is 1.00 bits per heavy atom. The van der Waals surface area contributed by atoms with Gasteiger partial charge in [-0.2, -0.15) is 0 Å². The molecule has 0 aliphatic rings. The monoisotopic (exact) mass is 395 g/mol. The lowest BCUT2D eigenvalue weighted by molar-refractivity contribution is -0.716. The molecule has 0 unspecified atom stereocenters. The highest BCUT2D eigenvalue weighted by molar-refractivity contribution is 5.46. The molecule has 25 heavy (non-hydrogen) atoms. The van der Waals surface area contributed by atoms with E-state index in [4.69, 9.17) is 0 Å². The van der Waals surface area contributed by atoms with Gasteiger partial charge in [-0.3, -0.25) is 0 Å². The van der Waals surface area contributed by atoms with Crippen molar-refractivity contribution in [1.82, 2.24) is 0 Å². The van der Waals surface area contributed by atoms with E-state index < -0.39 is 0 Å². The summed E-state index contributed by atoms with van der Waals surface area (Å²) in [7, 11) is 0. The molecule has 0 radical (unpaired) electrons. The third-order valence-corrected chi connectivity index (χ3v) is 4.70.